The van der Waals surface area contributed by atoms with Crippen molar-refractivity contribution in [3.05, 3.63) is 23.8 Å². The van der Waals surface area contributed by atoms with Gasteiger partial charge in [0.25, 0.3) is 0 Å². The van der Waals surface area contributed by atoms with Gasteiger partial charge in [-0.2, -0.15) is 0 Å². The number of ether oxygens (including phenoxy) is 3. The summed E-state index contributed by atoms with van der Waals surface area (Å²) in [6.45, 7) is 2.96. The van der Waals surface area contributed by atoms with Gasteiger partial charge in [-0.15, -0.1) is 0 Å². The van der Waals surface area contributed by atoms with Crippen LogP contribution in [-0.4, -0.2) is 35.0 Å². The SMILES string of the molecule is CNC(CC(C)COC)c1ccc(OC)c(OC)c1. The zero-order chi connectivity index (χ0) is 14.3. The van der Waals surface area contributed by atoms with Crippen LogP contribution >= 0.6 is 0 Å². The van der Waals surface area contributed by atoms with Crippen LogP contribution in [-0.2, 0) is 4.74 Å². The third-order valence-corrected chi connectivity index (χ3v) is 3.25. The van der Waals surface area contributed by atoms with Gasteiger partial charge in [0.1, 0.15) is 0 Å². The highest BCUT2D eigenvalue weighted by Crippen LogP contribution is 2.31. The molecule has 0 aliphatic carbocycles. The number of methoxy groups -OCH3 is 3. The second kappa shape index (κ2) is 8.02. The Balaban J connectivity index is 2.86. The molecule has 0 aromatic heterocycles. The average molecular weight is 267 g/mol. The molecule has 0 saturated heterocycles. The summed E-state index contributed by atoms with van der Waals surface area (Å²) in [4.78, 5) is 0. The van der Waals surface area contributed by atoms with Gasteiger partial charge in [-0.05, 0) is 37.1 Å². The van der Waals surface area contributed by atoms with Crippen molar-refractivity contribution in [1.29, 1.82) is 0 Å². The van der Waals surface area contributed by atoms with Gasteiger partial charge in [0.2, 0.25) is 0 Å². The summed E-state index contributed by atoms with van der Waals surface area (Å²) in [6.07, 6.45) is 1.01. The van der Waals surface area contributed by atoms with Crippen molar-refractivity contribution < 1.29 is 14.2 Å². The van der Waals surface area contributed by atoms with Crippen LogP contribution in [0.1, 0.15) is 24.9 Å². The van der Waals surface area contributed by atoms with E-state index in [4.69, 9.17) is 14.2 Å². The van der Waals surface area contributed by atoms with Crippen molar-refractivity contribution >= 4 is 0 Å². The number of hydrogen-bond acceptors (Lipinski definition) is 4. The van der Waals surface area contributed by atoms with E-state index in [1.165, 1.54) is 5.56 Å². The Bertz CT molecular complexity index is 382. The van der Waals surface area contributed by atoms with Gasteiger partial charge in [-0.1, -0.05) is 13.0 Å². The van der Waals surface area contributed by atoms with Crippen LogP contribution in [0.5, 0.6) is 11.5 Å². The molecule has 1 aromatic carbocycles. The van der Waals surface area contributed by atoms with Gasteiger partial charge in [-0.25, -0.2) is 0 Å². The number of benzene rings is 1. The lowest BCUT2D eigenvalue weighted by atomic mass is 9.96. The third kappa shape index (κ3) is 4.40. The molecule has 1 N–H and O–H groups in total. The quantitative estimate of drug-likeness (QED) is 0.786. The van der Waals surface area contributed by atoms with Gasteiger partial charge >= 0.3 is 0 Å². The van der Waals surface area contributed by atoms with Crippen LogP contribution < -0.4 is 14.8 Å². The highest BCUT2D eigenvalue weighted by molar-refractivity contribution is 5.43. The van der Waals surface area contributed by atoms with E-state index < -0.39 is 0 Å². The molecule has 2 atom stereocenters. The molecule has 108 valence electrons. The van der Waals surface area contributed by atoms with Crippen molar-refractivity contribution in [2.45, 2.75) is 19.4 Å². The minimum atomic E-state index is 0.282. The number of hydrogen-bond donors (Lipinski definition) is 1. The first-order chi connectivity index (χ1) is 9.15. The molecule has 0 aliphatic heterocycles. The summed E-state index contributed by atoms with van der Waals surface area (Å²) in [6, 6.07) is 6.33. The van der Waals surface area contributed by atoms with Crippen LogP contribution in [0, 0.1) is 5.92 Å². The van der Waals surface area contributed by atoms with Crippen LogP contribution in [0.2, 0.25) is 0 Å². The van der Waals surface area contributed by atoms with Crippen molar-refractivity contribution in [3.8, 4) is 11.5 Å². The second-order valence-corrected chi connectivity index (χ2v) is 4.75. The second-order valence-electron chi connectivity index (χ2n) is 4.75. The fourth-order valence-corrected chi connectivity index (χ4v) is 2.25. The molecule has 0 spiro atoms. The Morgan fingerprint density at radius 3 is 2.32 bits per heavy atom. The molecule has 1 rings (SSSR count). The highest BCUT2D eigenvalue weighted by Gasteiger charge is 2.15. The summed E-state index contributed by atoms with van der Waals surface area (Å²) in [5.41, 5.74) is 1.20. The molecular weight excluding hydrogens is 242 g/mol. The molecule has 2 unspecified atom stereocenters. The van der Waals surface area contributed by atoms with Crippen molar-refractivity contribution in [1.82, 2.24) is 5.32 Å². The van der Waals surface area contributed by atoms with Crippen LogP contribution in [0.4, 0.5) is 0 Å². The lowest BCUT2D eigenvalue weighted by Crippen LogP contribution is -2.20. The molecule has 0 heterocycles. The fourth-order valence-electron chi connectivity index (χ4n) is 2.25. The Kier molecular flexibility index (Phi) is 6.67. The maximum absolute atomic E-state index is 5.35. The van der Waals surface area contributed by atoms with E-state index in [1.54, 1.807) is 21.3 Å². The molecule has 0 aliphatic rings. The topological polar surface area (TPSA) is 39.7 Å². The molecule has 0 fully saturated rings. The monoisotopic (exact) mass is 267 g/mol. The van der Waals surface area contributed by atoms with Gasteiger partial charge in [0, 0.05) is 19.8 Å². The summed E-state index contributed by atoms with van der Waals surface area (Å²) < 4.78 is 15.8. The molecule has 19 heavy (non-hydrogen) atoms. The van der Waals surface area contributed by atoms with Crippen molar-refractivity contribution in [2.24, 2.45) is 5.92 Å². The first-order valence-corrected chi connectivity index (χ1v) is 6.54. The summed E-state index contributed by atoms with van der Waals surface area (Å²) in [7, 11) is 7.01. The van der Waals surface area contributed by atoms with E-state index in [0.29, 0.717) is 5.92 Å². The normalized spacial score (nSPS) is 13.9. The smallest absolute Gasteiger partial charge is 0.161 e. The summed E-state index contributed by atoms with van der Waals surface area (Å²) in [5, 5.41) is 3.34. The predicted octanol–water partition coefficient (Wildman–Crippen LogP) is 2.64. The molecule has 1 aromatic rings. The largest absolute Gasteiger partial charge is 0.493 e. The number of nitrogens with one attached hydrogen (secondary N) is 1. The van der Waals surface area contributed by atoms with Gasteiger partial charge in [0.05, 0.1) is 14.2 Å². The molecule has 0 radical (unpaired) electrons. The maximum Gasteiger partial charge on any atom is 0.161 e. The zero-order valence-corrected chi connectivity index (χ0v) is 12.5. The standard InChI is InChI=1S/C15H25NO3/c1-11(10-17-3)8-13(16-2)12-6-7-14(18-4)15(9-12)19-5/h6-7,9,11,13,16H,8,10H2,1-5H3. The summed E-state index contributed by atoms with van der Waals surface area (Å²) in [5.74, 6) is 2.02. The van der Waals surface area contributed by atoms with Gasteiger partial charge < -0.3 is 19.5 Å². The maximum atomic E-state index is 5.35. The Morgan fingerprint density at radius 1 is 1.11 bits per heavy atom. The Labute approximate surface area is 116 Å². The highest BCUT2D eigenvalue weighted by atomic mass is 16.5. The first kappa shape index (κ1) is 15.8. The van der Waals surface area contributed by atoms with Crippen LogP contribution in [0.3, 0.4) is 0 Å². The van der Waals surface area contributed by atoms with E-state index in [2.05, 4.69) is 18.3 Å². The molecule has 4 heteroatoms. The lowest BCUT2D eigenvalue weighted by molar-refractivity contribution is 0.150. The van der Waals surface area contributed by atoms with Crippen LogP contribution in [0.25, 0.3) is 0 Å². The fraction of sp³-hybridized carbons (Fsp3) is 0.600. The third-order valence-electron chi connectivity index (χ3n) is 3.25. The van der Waals surface area contributed by atoms with E-state index in [0.717, 1.165) is 24.5 Å². The van der Waals surface area contributed by atoms with Crippen LogP contribution in [0.15, 0.2) is 18.2 Å². The Hall–Kier alpha value is -1.26. The summed E-state index contributed by atoms with van der Waals surface area (Å²) >= 11 is 0. The number of rotatable bonds is 8. The Morgan fingerprint density at radius 2 is 1.79 bits per heavy atom. The lowest BCUT2D eigenvalue weighted by Gasteiger charge is -2.21. The molecule has 0 bridgehead atoms. The van der Waals surface area contributed by atoms with Gasteiger partial charge in [-0.3, -0.25) is 0 Å². The van der Waals surface area contributed by atoms with E-state index in [1.807, 2.05) is 19.2 Å². The molecule has 4 nitrogen and oxygen atoms in total. The minimum Gasteiger partial charge on any atom is -0.493 e. The molecule has 0 saturated carbocycles. The van der Waals surface area contributed by atoms with E-state index in [9.17, 15) is 0 Å². The first-order valence-electron chi connectivity index (χ1n) is 6.54. The average Bonchev–Trinajstić information content (AvgIpc) is 2.44. The van der Waals surface area contributed by atoms with Crippen molar-refractivity contribution in [3.63, 3.8) is 0 Å². The van der Waals surface area contributed by atoms with E-state index in [-0.39, 0.29) is 6.04 Å². The molecule has 0 amide bonds. The molecular formula is C15H25NO3. The zero-order valence-electron chi connectivity index (χ0n) is 12.5. The predicted molar refractivity (Wildman–Crippen MR) is 77.0 cm³/mol. The van der Waals surface area contributed by atoms with Gasteiger partial charge in [0.15, 0.2) is 11.5 Å². The van der Waals surface area contributed by atoms with E-state index >= 15 is 0 Å². The minimum absolute atomic E-state index is 0.282. The van der Waals surface area contributed by atoms with Crippen molar-refractivity contribution in [2.75, 3.05) is 35.0 Å².